The number of hydrogen-bond donors (Lipinski definition) is 0. The van der Waals surface area contributed by atoms with Gasteiger partial charge in [0.2, 0.25) is 0 Å². The molecule has 0 saturated heterocycles. The van der Waals surface area contributed by atoms with Crippen LogP contribution >= 0.6 is 0 Å². The lowest BCUT2D eigenvalue weighted by Crippen LogP contribution is -2.15. The van der Waals surface area contributed by atoms with Crippen LogP contribution in [0.2, 0.25) is 0 Å². The van der Waals surface area contributed by atoms with Gasteiger partial charge in [0.05, 0.1) is 0 Å². The normalized spacial score (nSPS) is 18.8. The lowest BCUT2D eigenvalue weighted by atomic mass is 9.81. The third kappa shape index (κ3) is 1.05. The van der Waals surface area contributed by atoms with E-state index >= 15 is 0 Å². The Bertz CT molecular complexity index is 370. The Morgan fingerprint density at radius 2 is 2.00 bits per heavy atom. The number of aryl methyl sites for hydroxylation is 1. The van der Waals surface area contributed by atoms with Crippen LogP contribution in [0.3, 0.4) is 0 Å². The van der Waals surface area contributed by atoms with Gasteiger partial charge in [-0.2, -0.15) is 0 Å². The highest BCUT2D eigenvalue weighted by Gasteiger charge is 2.33. The van der Waals surface area contributed by atoms with E-state index in [0.29, 0.717) is 0 Å². The van der Waals surface area contributed by atoms with E-state index in [-0.39, 0.29) is 5.41 Å². The van der Waals surface area contributed by atoms with E-state index in [9.17, 15) is 0 Å². The smallest absolute Gasteiger partial charge is 0.0111 e. The summed E-state index contributed by atoms with van der Waals surface area (Å²) in [4.78, 5) is 0. The van der Waals surface area contributed by atoms with Gasteiger partial charge in [-0.05, 0) is 30.0 Å². The standard InChI is InChI=1S/C13H16/c1-9-6-5-7-11-8-10(2)13(3,4)12(9)11/h5-7H,2,8H2,1,3-4H3. The Kier molecular flexibility index (Phi) is 1.63. The van der Waals surface area contributed by atoms with Crippen molar-refractivity contribution in [1.82, 2.24) is 0 Å². The molecule has 2 rings (SSSR count). The summed E-state index contributed by atoms with van der Waals surface area (Å²) in [7, 11) is 0. The molecule has 0 amide bonds. The van der Waals surface area contributed by atoms with Crippen molar-refractivity contribution in [3.8, 4) is 0 Å². The molecule has 13 heavy (non-hydrogen) atoms. The molecule has 68 valence electrons. The summed E-state index contributed by atoms with van der Waals surface area (Å²) >= 11 is 0. The van der Waals surface area contributed by atoms with E-state index in [1.807, 2.05) is 0 Å². The van der Waals surface area contributed by atoms with Gasteiger partial charge in [-0.15, -0.1) is 0 Å². The van der Waals surface area contributed by atoms with Crippen molar-refractivity contribution >= 4 is 0 Å². The maximum absolute atomic E-state index is 4.16. The van der Waals surface area contributed by atoms with Gasteiger partial charge < -0.3 is 0 Å². The second-order valence-electron chi connectivity index (χ2n) is 4.51. The third-order valence-electron chi connectivity index (χ3n) is 3.27. The fourth-order valence-corrected chi connectivity index (χ4v) is 2.40. The number of benzene rings is 1. The third-order valence-corrected chi connectivity index (χ3v) is 3.27. The van der Waals surface area contributed by atoms with Gasteiger partial charge >= 0.3 is 0 Å². The minimum atomic E-state index is 0.181. The molecule has 0 saturated carbocycles. The zero-order valence-electron chi connectivity index (χ0n) is 8.65. The molecule has 0 heteroatoms. The summed E-state index contributed by atoms with van der Waals surface area (Å²) in [6.45, 7) is 10.9. The van der Waals surface area contributed by atoms with E-state index in [4.69, 9.17) is 0 Å². The van der Waals surface area contributed by atoms with Gasteiger partial charge in [0.1, 0.15) is 0 Å². The van der Waals surface area contributed by atoms with Gasteiger partial charge in [-0.3, -0.25) is 0 Å². The van der Waals surface area contributed by atoms with E-state index in [1.54, 1.807) is 0 Å². The van der Waals surface area contributed by atoms with Crippen LogP contribution in [-0.4, -0.2) is 0 Å². The first kappa shape index (κ1) is 8.55. The zero-order valence-corrected chi connectivity index (χ0v) is 8.65. The van der Waals surface area contributed by atoms with E-state index < -0.39 is 0 Å². The number of hydrogen-bond acceptors (Lipinski definition) is 0. The summed E-state index contributed by atoms with van der Waals surface area (Å²) in [5.41, 5.74) is 5.90. The molecule has 0 nitrogen and oxygen atoms in total. The quantitative estimate of drug-likeness (QED) is 0.526. The van der Waals surface area contributed by atoms with E-state index in [0.717, 1.165) is 6.42 Å². The van der Waals surface area contributed by atoms with Gasteiger partial charge in [0.25, 0.3) is 0 Å². The first-order valence-corrected chi connectivity index (χ1v) is 4.80. The summed E-state index contributed by atoms with van der Waals surface area (Å²) in [5, 5.41) is 0. The molecule has 0 fully saturated rings. The summed E-state index contributed by atoms with van der Waals surface area (Å²) in [5.74, 6) is 0. The van der Waals surface area contributed by atoms with Crippen molar-refractivity contribution in [2.24, 2.45) is 0 Å². The lowest BCUT2D eigenvalue weighted by Gasteiger charge is -2.22. The average Bonchev–Trinajstić information content (AvgIpc) is 2.24. The summed E-state index contributed by atoms with van der Waals surface area (Å²) in [6, 6.07) is 6.56. The highest BCUT2D eigenvalue weighted by Crippen LogP contribution is 2.42. The largest absolute Gasteiger partial charge is 0.0986 e. The van der Waals surface area contributed by atoms with Crippen LogP contribution in [0.4, 0.5) is 0 Å². The average molecular weight is 172 g/mol. The first-order valence-electron chi connectivity index (χ1n) is 4.80. The van der Waals surface area contributed by atoms with Crippen molar-refractivity contribution in [2.75, 3.05) is 0 Å². The minimum Gasteiger partial charge on any atom is -0.0986 e. The zero-order chi connectivity index (χ0) is 9.64. The summed E-state index contributed by atoms with van der Waals surface area (Å²) < 4.78 is 0. The van der Waals surface area contributed by atoms with Gasteiger partial charge in [-0.1, -0.05) is 44.2 Å². The van der Waals surface area contributed by atoms with Crippen molar-refractivity contribution in [2.45, 2.75) is 32.6 Å². The topological polar surface area (TPSA) is 0 Å². The lowest BCUT2D eigenvalue weighted by molar-refractivity contribution is 0.642. The predicted octanol–water partition coefficient (Wildman–Crippen LogP) is 3.38. The molecule has 0 unspecified atom stereocenters. The number of rotatable bonds is 0. The van der Waals surface area contributed by atoms with Crippen LogP contribution in [-0.2, 0) is 11.8 Å². The van der Waals surface area contributed by atoms with Crippen LogP contribution < -0.4 is 0 Å². The van der Waals surface area contributed by atoms with Gasteiger partial charge in [-0.25, -0.2) is 0 Å². The summed E-state index contributed by atoms with van der Waals surface area (Å²) in [6.07, 6.45) is 1.06. The Hall–Kier alpha value is -1.04. The molecule has 0 spiro atoms. The minimum absolute atomic E-state index is 0.181. The van der Waals surface area contributed by atoms with Gasteiger partial charge in [0, 0.05) is 5.41 Å². The van der Waals surface area contributed by atoms with Crippen molar-refractivity contribution in [3.63, 3.8) is 0 Å². The molecule has 0 atom stereocenters. The Morgan fingerprint density at radius 3 is 2.62 bits per heavy atom. The van der Waals surface area contributed by atoms with Crippen LogP contribution in [0.25, 0.3) is 0 Å². The highest BCUT2D eigenvalue weighted by atomic mass is 14.4. The molecular weight excluding hydrogens is 156 g/mol. The maximum atomic E-state index is 4.16. The Morgan fingerprint density at radius 1 is 1.31 bits per heavy atom. The van der Waals surface area contributed by atoms with Crippen molar-refractivity contribution in [3.05, 3.63) is 47.0 Å². The Labute approximate surface area is 80.3 Å². The highest BCUT2D eigenvalue weighted by molar-refractivity contribution is 5.52. The monoisotopic (exact) mass is 172 g/mol. The molecule has 1 aliphatic carbocycles. The Balaban J connectivity index is 2.70. The van der Waals surface area contributed by atoms with E-state index in [1.165, 1.54) is 22.3 Å². The molecule has 0 radical (unpaired) electrons. The van der Waals surface area contributed by atoms with E-state index in [2.05, 4.69) is 45.5 Å². The maximum Gasteiger partial charge on any atom is 0.0111 e. The molecule has 0 aromatic heterocycles. The predicted molar refractivity (Wildman–Crippen MR) is 57.0 cm³/mol. The SMILES string of the molecule is C=C1Cc2cccc(C)c2C1(C)C. The number of fused-ring (bicyclic) bond motifs is 1. The fourth-order valence-electron chi connectivity index (χ4n) is 2.40. The molecule has 1 aromatic carbocycles. The fraction of sp³-hybridized carbons (Fsp3) is 0.385. The van der Waals surface area contributed by atoms with Crippen molar-refractivity contribution < 1.29 is 0 Å². The molecule has 0 bridgehead atoms. The molecule has 0 N–H and O–H groups in total. The molecule has 1 aromatic rings. The van der Waals surface area contributed by atoms with Crippen molar-refractivity contribution in [1.29, 1.82) is 0 Å². The van der Waals surface area contributed by atoms with Crippen LogP contribution in [0.15, 0.2) is 30.4 Å². The van der Waals surface area contributed by atoms with Crippen LogP contribution in [0, 0.1) is 6.92 Å². The number of allylic oxidation sites excluding steroid dienone is 1. The molecular formula is C13H16. The molecule has 0 aliphatic heterocycles. The molecule has 1 aliphatic rings. The van der Waals surface area contributed by atoms with Gasteiger partial charge in [0.15, 0.2) is 0 Å². The second-order valence-corrected chi connectivity index (χ2v) is 4.51. The second kappa shape index (κ2) is 2.47. The van der Waals surface area contributed by atoms with Crippen LogP contribution in [0.5, 0.6) is 0 Å². The van der Waals surface area contributed by atoms with Crippen LogP contribution in [0.1, 0.15) is 30.5 Å². The first-order chi connectivity index (χ1) is 6.03. The molecule has 0 heterocycles.